The van der Waals surface area contributed by atoms with Gasteiger partial charge in [0.1, 0.15) is 19.3 Å². The highest BCUT2D eigenvalue weighted by molar-refractivity contribution is 5.81. The van der Waals surface area contributed by atoms with Gasteiger partial charge in [0.05, 0.1) is 5.92 Å². The molecule has 0 fully saturated rings. The van der Waals surface area contributed by atoms with Crippen molar-refractivity contribution in [1.82, 2.24) is 0 Å². The highest BCUT2D eigenvalue weighted by Gasteiger charge is 2.21. The van der Waals surface area contributed by atoms with E-state index in [2.05, 4.69) is 11.3 Å². The Morgan fingerprint density at radius 1 is 1.28 bits per heavy atom. The first-order valence-electron chi connectivity index (χ1n) is 6.06. The lowest BCUT2D eigenvalue weighted by Gasteiger charge is -2.18. The third-order valence-corrected chi connectivity index (χ3v) is 2.87. The average molecular weight is 258 g/mol. The summed E-state index contributed by atoms with van der Waals surface area (Å²) in [5.74, 6) is -0.946. The number of aliphatic hydroxyl groups excluding tert-OH is 1. The van der Waals surface area contributed by atoms with Crippen LogP contribution in [0.3, 0.4) is 0 Å². The molecule has 104 valence electrons. The summed E-state index contributed by atoms with van der Waals surface area (Å²) in [6.07, 6.45) is 0.876. The van der Waals surface area contributed by atoms with Crippen LogP contribution in [0.4, 0.5) is 0 Å². The van der Waals surface area contributed by atoms with E-state index in [-0.39, 0.29) is 31.0 Å². The van der Waals surface area contributed by atoms with Gasteiger partial charge in [0.25, 0.3) is 0 Å². The van der Waals surface area contributed by atoms with Crippen LogP contribution in [0, 0.1) is 11.8 Å². The Morgan fingerprint density at radius 2 is 1.83 bits per heavy atom. The van der Waals surface area contributed by atoms with Crippen molar-refractivity contribution in [2.45, 2.75) is 33.3 Å². The molecule has 0 spiro atoms. The smallest absolute Gasteiger partial charge is 0.330 e. The summed E-state index contributed by atoms with van der Waals surface area (Å²) in [4.78, 5) is 22.3. The molecule has 0 aliphatic heterocycles. The van der Waals surface area contributed by atoms with Crippen LogP contribution in [0.15, 0.2) is 12.7 Å². The Kier molecular flexibility index (Phi) is 8.03. The highest BCUT2D eigenvalue weighted by atomic mass is 16.6. The molecule has 0 aromatic heterocycles. The third-order valence-electron chi connectivity index (χ3n) is 2.87. The number of esters is 2. The molecule has 0 aromatic carbocycles. The van der Waals surface area contributed by atoms with Gasteiger partial charge >= 0.3 is 11.9 Å². The molecule has 0 radical (unpaired) electrons. The molecule has 3 unspecified atom stereocenters. The zero-order valence-corrected chi connectivity index (χ0v) is 11.2. The molecular formula is C13H22O5. The topological polar surface area (TPSA) is 72.8 Å². The fourth-order valence-corrected chi connectivity index (χ4v) is 1.18. The van der Waals surface area contributed by atoms with Crippen molar-refractivity contribution < 1.29 is 24.2 Å². The summed E-state index contributed by atoms with van der Waals surface area (Å²) >= 11 is 0. The molecule has 18 heavy (non-hydrogen) atoms. The van der Waals surface area contributed by atoms with Crippen molar-refractivity contribution in [3.8, 4) is 0 Å². The minimum Gasteiger partial charge on any atom is -0.463 e. The zero-order valence-electron chi connectivity index (χ0n) is 11.2. The summed E-state index contributed by atoms with van der Waals surface area (Å²) in [6, 6.07) is 0. The van der Waals surface area contributed by atoms with Crippen LogP contribution >= 0.6 is 0 Å². The van der Waals surface area contributed by atoms with E-state index in [9.17, 15) is 14.7 Å². The van der Waals surface area contributed by atoms with Gasteiger partial charge in [-0.25, -0.2) is 4.79 Å². The Hall–Kier alpha value is -1.36. The quantitative estimate of drug-likeness (QED) is 0.525. The maximum atomic E-state index is 11.6. The van der Waals surface area contributed by atoms with Crippen LogP contribution in [-0.2, 0) is 19.1 Å². The molecule has 0 saturated heterocycles. The lowest BCUT2D eigenvalue weighted by atomic mass is 9.94. The van der Waals surface area contributed by atoms with Gasteiger partial charge in [0.15, 0.2) is 0 Å². The zero-order chi connectivity index (χ0) is 14.1. The van der Waals surface area contributed by atoms with Gasteiger partial charge in [-0.3, -0.25) is 4.79 Å². The molecular weight excluding hydrogens is 236 g/mol. The van der Waals surface area contributed by atoms with Gasteiger partial charge in [-0.15, -0.1) is 0 Å². The monoisotopic (exact) mass is 258 g/mol. The first kappa shape index (κ1) is 16.6. The Morgan fingerprint density at radius 3 is 2.33 bits per heavy atom. The molecule has 0 aromatic rings. The minimum absolute atomic E-state index is 0.177. The van der Waals surface area contributed by atoms with Crippen LogP contribution in [0.5, 0.6) is 0 Å². The number of ether oxygens (including phenoxy) is 2. The highest BCUT2D eigenvalue weighted by Crippen LogP contribution is 2.15. The number of hydrogen-bond acceptors (Lipinski definition) is 5. The van der Waals surface area contributed by atoms with Gasteiger partial charge in [-0.2, -0.15) is 0 Å². The molecule has 0 amide bonds. The fraction of sp³-hybridized carbons (Fsp3) is 0.692. The fourth-order valence-electron chi connectivity index (χ4n) is 1.18. The van der Waals surface area contributed by atoms with Crippen molar-refractivity contribution in [3.63, 3.8) is 0 Å². The van der Waals surface area contributed by atoms with Crippen molar-refractivity contribution in [2.24, 2.45) is 11.8 Å². The maximum Gasteiger partial charge on any atom is 0.330 e. The molecule has 0 saturated carbocycles. The molecule has 0 bridgehead atoms. The molecule has 0 rings (SSSR count). The van der Waals surface area contributed by atoms with E-state index in [1.165, 1.54) is 0 Å². The van der Waals surface area contributed by atoms with Crippen molar-refractivity contribution in [3.05, 3.63) is 12.7 Å². The van der Waals surface area contributed by atoms with E-state index in [4.69, 9.17) is 4.74 Å². The standard InChI is InChI=1S/C13H22O5/c1-5-9(3)10(4)13(16)18-8-11(14)7-17-12(15)6-2/h6,9-11,14H,2,5,7-8H2,1,3-4H3. The molecule has 5 nitrogen and oxygen atoms in total. The van der Waals surface area contributed by atoms with Gasteiger partial charge in [-0.05, 0) is 5.92 Å². The van der Waals surface area contributed by atoms with E-state index in [1.54, 1.807) is 6.92 Å². The Bertz CT molecular complexity index is 287. The van der Waals surface area contributed by atoms with E-state index >= 15 is 0 Å². The van der Waals surface area contributed by atoms with Crippen LogP contribution < -0.4 is 0 Å². The molecule has 0 heterocycles. The van der Waals surface area contributed by atoms with Crippen molar-refractivity contribution >= 4 is 11.9 Å². The number of aliphatic hydroxyl groups is 1. The molecule has 1 N–H and O–H groups in total. The van der Waals surface area contributed by atoms with Gasteiger partial charge in [-0.1, -0.05) is 33.8 Å². The second-order valence-electron chi connectivity index (χ2n) is 4.29. The summed E-state index contributed by atoms with van der Waals surface area (Å²) in [5.41, 5.74) is 0. The van der Waals surface area contributed by atoms with Crippen LogP contribution in [0.1, 0.15) is 27.2 Å². The Labute approximate surface area is 108 Å². The summed E-state index contributed by atoms with van der Waals surface area (Å²) in [7, 11) is 0. The molecule has 5 heteroatoms. The van der Waals surface area contributed by atoms with E-state index in [0.717, 1.165) is 12.5 Å². The Balaban J connectivity index is 3.90. The second kappa shape index (κ2) is 8.69. The van der Waals surface area contributed by atoms with E-state index in [1.807, 2.05) is 13.8 Å². The number of carbonyl (C=O) groups is 2. The van der Waals surface area contributed by atoms with Gasteiger partial charge in [0, 0.05) is 6.08 Å². The average Bonchev–Trinajstić information content (AvgIpc) is 2.39. The predicted molar refractivity (Wildman–Crippen MR) is 66.7 cm³/mol. The lowest BCUT2D eigenvalue weighted by Crippen LogP contribution is -2.28. The van der Waals surface area contributed by atoms with Crippen molar-refractivity contribution in [2.75, 3.05) is 13.2 Å². The largest absolute Gasteiger partial charge is 0.463 e. The predicted octanol–water partition coefficient (Wildman–Crippen LogP) is 1.30. The minimum atomic E-state index is -1.01. The SMILES string of the molecule is C=CC(=O)OCC(O)COC(=O)C(C)C(C)CC. The number of hydrogen-bond donors (Lipinski definition) is 1. The van der Waals surface area contributed by atoms with E-state index < -0.39 is 12.1 Å². The van der Waals surface area contributed by atoms with E-state index in [0.29, 0.717) is 0 Å². The molecule has 0 aliphatic carbocycles. The van der Waals surface area contributed by atoms with Crippen molar-refractivity contribution in [1.29, 1.82) is 0 Å². The first-order valence-corrected chi connectivity index (χ1v) is 6.06. The summed E-state index contributed by atoms with van der Waals surface area (Å²) in [5, 5.41) is 9.43. The van der Waals surface area contributed by atoms with Gasteiger partial charge in [0.2, 0.25) is 0 Å². The van der Waals surface area contributed by atoms with Crippen LogP contribution in [-0.4, -0.2) is 36.4 Å². The number of rotatable bonds is 8. The molecule has 3 atom stereocenters. The van der Waals surface area contributed by atoms with Crippen LogP contribution in [0.2, 0.25) is 0 Å². The van der Waals surface area contributed by atoms with Crippen LogP contribution in [0.25, 0.3) is 0 Å². The van der Waals surface area contributed by atoms with Gasteiger partial charge < -0.3 is 14.6 Å². The third kappa shape index (κ3) is 6.39. The summed E-state index contributed by atoms with van der Waals surface area (Å²) in [6.45, 7) is 8.59. The molecule has 0 aliphatic rings. The second-order valence-corrected chi connectivity index (χ2v) is 4.29. The normalized spacial score (nSPS) is 15.3. The maximum absolute atomic E-state index is 11.6. The summed E-state index contributed by atoms with van der Waals surface area (Å²) < 4.78 is 9.56. The number of carbonyl (C=O) groups excluding carboxylic acids is 2. The first-order chi connectivity index (χ1) is 8.42. The lowest BCUT2D eigenvalue weighted by molar-refractivity contribution is -0.155.